The molecule has 0 unspecified atom stereocenters. The molecular formula is C16H13IN2. The van der Waals surface area contributed by atoms with Gasteiger partial charge in [-0.1, -0.05) is 24.3 Å². The van der Waals surface area contributed by atoms with E-state index in [1.54, 1.807) is 0 Å². The maximum Gasteiger partial charge on any atom is 0.0422 e. The van der Waals surface area contributed by atoms with Crippen LogP contribution in [0.1, 0.15) is 5.56 Å². The van der Waals surface area contributed by atoms with E-state index in [0.717, 1.165) is 12.2 Å². The summed E-state index contributed by atoms with van der Waals surface area (Å²) in [6, 6.07) is 16.7. The minimum absolute atomic E-state index is 0.787. The minimum atomic E-state index is 0.787. The fraction of sp³-hybridized carbons (Fsp3) is 0.0625. The van der Waals surface area contributed by atoms with Crippen molar-refractivity contribution in [3.05, 3.63) is 70.1 Å². The van der Waals surface area contributed by atoms with Crippen LogP contribution < -0.4 is 5.32 Å². The van der Waals surface area contributed by atoms with Crippen LogP contribution in [0.2, 0.25) is 0 Å². The molecule has 0 aliphatic rings. The first kappa shape index (κ1) is 12.4. The molecule has 1 aromatic heterocycles. The third-order valence-electron chi connectivity index (χ3n) is 3.08. The molecule has 0 fully saturated rings. The monoisotopic (exact) mass is 360 g/mol. The Morgan fingerprint density at radius 1 is 0.947 bits per heavy atom. The maximum atomic E-state index is 4.30. The van der Waals surface area contributed by atoms with E-state index in [0.29, 0.717) is 0 Å². The highest BCUT2D eigenvalue weighted by atomic mass is 127. The van der Waals surface area contributed by atoms with E-state index in [9.17, 15) is 0 Å². The third kappa shape index (κ3) is 2.87. The molecular weight excluding hydrogens is 347 g/mol. The summed E-state index contributed by atoms with van der Waals surface area (Å²) in [5, 5.41) is 5.88. The summed E-state index contributed by atoms with van der Waals surface area (Å²) in [6.07, 6.45) is 3.84. The topological polar surface area (TPSA) is 24.9 Å². The number of halogens is 1. The Labute approximate surface area is 126 Å². The summed E-state index contributed by atoms with van der Waals surface area (Å²) < 4.78 is 1.25. The van der Waals surface area contributed by atoms with Crippen molar-refractivity contribution < 1.29 is 0 Å². The summed E-state index contributed by atoms with van der Waals surface area (Å²) in [4.78, 5) is 4.30. The van der Waals surface area contributed by atoms with Gasteiger partial charge in [-0.15, -0.1) is 0 Å². The lowest BCUT2D eigenvalue weighted by molar-refractivity contribution is 1.14. The highest BCUT2D eigenvalue weighted by molar-refractivity contribution is 14.1. The molecule has 0 bridgehead atoms. The Hall–Kier alpha value is -1.62. The molecule has 0 saturated carbocycles. The van der Waals surface area contributed by atoms with Crippen molar-refractivity contribution >= 4 is 39.1 Å². The van der Waals surface area contributed by atoms with Crippen LogP contribution in [0, 0.1) is 3.57 Å². The lowest BCUT2D eigenvalue weighted by Crippen LogP contribution is -2.00. The zero-order valence-corrected chi connectivity index (χ0v) is 12.5. The fourth-order valence-electron chi connectivity index (χ4n) is 2.08. The number of pyridine rings is 1. The van der Waals surface area contributed by atoms with Gasteiger partial charge in [-0.2, -0.15) is 0 Å². The van der Waals surface area contributed by atoms with Crippen molar-refractivity contribution in [1.29, 1.82) is 0 Å². The van der Waals surface area contributed by atoms with Crippen LogP contribution in [0.3, 0.4) is 0 Å². The van der Waals surface area contributed by atoms with Crippen LogP contribution in [0.5, 0.6) is 0 Å². The van der Waals surface area contributed by atoms with E-state index < -0.39 is 0 Å². The van der Waals surface area contributed by atoms with Crippen molar-refractivity contribution in [3.63, 3.8) is 0 Å². The molecule has 0 spiro atoms. The van der Waals surface area contributed by atoms with Crippen molar-refractivity contribution in [1.82, 2.24) is 4.98 Å². The van der Waals surface area contributed by atoms with Gasteiger partial charge in [-0.25, -0.2) is 0 Å². The zero-order valence-electron chi connectivity index (χ0n) is 10.3. The summed E-state index contributed by atoms with van der Waals surface area (Å²) >= 11 is 2.31. The Bertz CT molecular complexity index is 687. The molecule has 2 aromatic carbocycles. The molecule has 0 aliphatic heterocycles. The largest absolute Gasteiger partial charge is 0.381 e. The molecule has 0 atom stereocenters. The Morgan fingerprint density at radius 3 is 2.58 bits per heavy atom. The quantitative estimate of drug-likeness (QED) is 0.698. The van der Waals surface area contributed by atoms with E-state index >= 15 is 0 Å². The number of fused-ring (bicyclic) bond motifs is 1. The summed E-state index contributed by atoms with van der Waals surface area (Å²) in [7, 11) is 0. The van der Waals surface area contributed by atoms with E-state index in [1.807, 2.05) is 18.5 Å². The Balaban J connectivity index is 1.84. The van der Waals surface area contributed by atoms with Gasteiger partial charge < -0.3 is 5.32 Å². The number of benzene rings is 2. The van der Waals surface area contributed by atoms with Gasteiger partial charge in [0.1, 0.15) is 0 Å². The van der Waals surface area contributed by atoms with E-state index in [1.165, 1.54) is 19.9 Å². The number of aromatic nitrogens is 1. The average Bonchev–Trinajstić information content (AvgIpc) is 2.47. The molecule has 1 N–H and O–H groups in total. The molecule has 94 valence electrons. The summed E-state index contributed by atoms with van der Waals surface area (Å²) in [5.41, 5.74) is 2.35. The standard InChI is InChI=1S/C16H13IN2/c17-14-5-7-15(8-6-14)19-11-13-10-18-9-12-3-1-2-4-16(12)13/h1-10,19H,11H2. The maximum absolute atomic E-state index is 4.30. The van der Waals surface area contributed by atoms with Crippen molar-refractivity contribution in [2.45, 2.75) is 6.54 Å². The van der Waals surface area contributed by atoms with E-state index in [4.69, 9.17) is 0 Å². The number of anilines is 1. The molecule has 3 aromatic rings. The lowest BCUT2D eigenvalue weighted by Gasteiger charge is -2.09. The molecule has 0 radical (unpaired) electrons. The van der Waals surface area contributed by atoms with Crippen LogP contribution in [-0.2, 0) is 6.54 Å². The number of hydrogen-bond donors (Lipinski definition) is 1. The lowest BCUT2D eigenvalue weighted by atomic mass is 10.1. The fourth-order valence-corrected chi connectivity index (χ4v) is 2.44. The summed E-state index contributed by atoms with van der Waals surface area (Å²) in [6.45, 7) is 0.787. The Kier molecular flexibility index (Phi) is 3.64. The number of hydrogen-bond acceptors (Lipinski definition) is 2. The third-order valence-corrected chi connectivity index (χ3v) is 3.80. The second kappa shape index (κ2) is 5.57. The van der Waals surface area contributed by atoms with Crippen LogP contribution in [-0.4, -0.2) is 4.98 Å². The molecule has 0 saturated heterocycles. The molecule has 2 nitrogen and oxygen atoms in total. The van der Waals surface area contributed by atoms with Crippen molar-refractivity contribution in [2.24, 2.45) is 0 Å². The highest BCUT2D eigenvalue weighted by Gasteiger charge is 2.01. The SMILES string of the molecule is Ic1ccc(NCc2cncc3ccccc23)cc1. The van der Waals surface area contributed by atoms with Gasteiger partial charge in [-0.05, 0) is 57.8 Å². The molecule has 19 heavy (non-hydrogen) atoms. The minimum Gasteiger partial charge on any atom is -0.381 e. The smallest absolute Gasteiger partial charge is 0.0422 e. The van der Waals surface area contributed by atoms with Crippen molar-refractivity contribution in [3.8, 4) is 0 Å². The first-order valence-corrected chi connectivity index (χ1v) is 7.22. The van der Waals surface area contributed by atoms with Crippen LogP contribution in [0.25, 0.3) is 10.8 Å². The van der Waals surface area contributed by atoms with Gasteiger partial charge in [0.2, 0.25) is 0 Å². The predicted molar refractivity (Wildman–Crippen MR) is 88.2 cm³/mol. The second-order valence-corrected chi connectivity index (χ2v) is 5.63. The van der Waals surface area contributed by atoms with E-state index in [2.05, 4.69) is 75.4 Å². The second-order valence-electron chi connectivity index (χ2n) is 4.38. The normalized spacial score (nSPS) is 10.6. The van der Waals surface area contributed by atoms with Gasteiger partial charge >= 0.3 is 0 Å². The van der Waals surface area contributed by atoms with Gasteiger partial charge in [-0.3, -0.25) is 4.98 Å². The van der Waals surface area contributed by atoms with Gasteiger partial charge in [0, 0.05) is 33.6 Å². The van der Waals surface area contributed by atoms with Crippen molar-refractivity contribution in [2.75, 3.05) is 5.32 Å². The number of nitrogens with one attached hydrogen (secondary N) is 1. The zero-order chi connectivity index (χ0) is 13.1. The average molecular weight is 360 g/mol. The Morgan fingerprint density at radius 2 is 1.74 bits per heavy atom. The van der Waals surface area contributed by atoms with Gasteiger partial charge in [0.15, 0.2) is 0 Å². The molecule has 0 amide bonds. The van der Waals surface area contributed by atoms with Crippen LogP contribution >= 0.6 is 22.6 Å². The van der Waals surface area contributed by atoms with Crippen LogP contribution in [0.15, 0.2) is 60.9 Å². The van der Waals surface area contributed by atoms with Gasteiger partial charge in [0.05, 0.1) is 0 Å². The molecule has 0 aliphatic carbocycles. The number of rotatable bonds is 3. The number of nitrogens with zero attached hydrogens (tertiary/aromatic N) is 1. The first-order valence-electron chi connectivity index (χ1n) is 6.14. The molecule has 1 heterocycles. The first-order chi connectivity index (χ1) is 9.33. The molecule has 3 rings (SSSR count). The summed E-state index contributed by atoms with van der Waals surface area (Å²) in [5.74, 6) is 0. The van der Waals surface area contributed by atoms with Crippen LogP contribution in [0.4, 0.5) is 5.69 Å². The molecule has 3 heteroatoms. The highest BCUT2D eigenvalue weighted by Crippen LogP contribution is 2.18. The van der Waals surface area contributed by atoms with Gasteiger partial charge in [0.25, 0.3) is 0 Å². The predicted octanol–water partition coefficient (Wildman–Crippen LogP) is 4.45. The van der Waals surface area contributed by atoms with E-state index in [-0.39, 0.29) is 0 Å².